The van der Waals surface area contributed by atoms with Gasteiger partial charge >= 0.3 is 0 Å². The zero-order chi connectivity index (χ0) is 9.30. The Morgan fingerprint density at radius 2 is 1.83 bits per heavy atom. The average Bonchev–Trinajstić information content (AvgIpc) is 2.08. The molecule has 0 saturated carbocycles. The van der Waals surface area contributed by atoms with Crippen LogP contribution >= 0.6 is 31.9 Å². The smallest absolute Gasteiger partial charge is 0.174 e. The number of benzene rings is 1. The molecule has 0 radical (unpaired) electrons. The number of hydrogen-bond acceptors (Lipinski definition) is 1. The van der Waals surface area contributed by atoms with Crippen LogP contribution in [0.15, 0.2) is 15.0 Å². The van der Waals surface area contributed by atoms with Gasteiger partial charge in [0.05, 0.1) is 11.1 Å². The van der Waals surface area contributed by atoms with Crippen molar-refractivity contribution in [3.05, 3.63) is 32.2 Å². The molecule has 0 aliphatic heterocycles. The first-order valence-electron chi connectivity index (χ1n) is 3.00. The van der Waals surface area contributed by atoms with Crippen LogP contribution in [0, 0.1) is 11.6 Å². The summed E-state index contributed by atoms with van der Waals surface area (Å²) in [7, 11) is 0. The van der Waals surface area contributed by atoms with Crippen molar-refractivity contribution in [1.29, 1.82) is 0 Å². The fraction of sp³-hybridized carbons (Fsp3) is 0.143. The van der Waals surface area contributed by atoms with Gasteiger partial charge in [-0.1, -0.05) is 0 Å². The van der Waals surface area contributed by atoms with Gasteiger partial charge in [0.1, 0.15) is 0 Å². The van der Waals surface area contributed by atoms with Crippen LogP contribution in [0.2, 0.25) is 0 Å². The van der Waals surface area contributed by atoms with Gasteiger partial charge in [-0.3, -0.25) is 0 Å². The maximum Gasteiger partial charge on any atom is 0.174 e. The van der Waals surface area contributed by atoms with Crippen molar-refractivity contribution in [3.8, 4) is 0 Å². The molecule has 1 nitrogen and oxygen atoms in total. The third-order valence-electron chi connectivity index (χ3n) is 1.35. The van der Waals surface area contributed by atoms with E-state index in [0.29, 0.717) is 10.0 Å². The molecule has 0 atom stereocenters. The van der Waals surface area contributed by atoms with Crippen molar-refractivity contribution in [2.75, 3.05) is 0 Å². The first-order chi connectivity index (χ1) is 5.57. The molecule has 0 bridgehead atoms. The Bertz CT molecular complexity index is 315. The summed E-state index contributed by atoms with van der Waals surface area (Å²) in [6.45, 7) is -0.337. The van der Waals surface area contributed by atoms with Gasteiger partial charge in [0.15, 0.2) is 11.6 Å². The Hall–Kier alpha value is 0. The molecule has 0 spiro atoms. The van der Waals surface area contributed by atoms with E-state index in [0.717, 1.165) is 6.07 Å². The quantitative estimate of drug-likeness (QED) is 0.624. The molecule has 1 aromatic carbocycles. The average molecular weight is 302 g/mol. The van der Waals surface area contributed by atoms with Gasteiger partial charge in [-0.15, -0.1) is 0 Å². The molecule has 66 valence electrons. The SMILES string of the molecule is OCc1cc(F)c(F)c(Br)c1Br. The number of rotatable bonds is 1. The van der Waals surface area contributed by atoms with Gasteiger partial charge in [-0.25, -0.2) is 8.78 Å². The van der Waals surface area contributed by atoms with Crippen molar-refractivity contribution in [1.82, 2.24) is 0 Å². The first kappa shape index (κ1) is 10.1. The van der Waals surface area contributed by atoms with E-state index in [-0.39, 0.29) is 11.1 Å². The van der Waals surface area contributed by atoms with Crippen LogP contribution in [0.1, 0.15) is 5.56 Å². The molecule has 0 aliphatic carbocycles. The second kappa shape index (κ2) is 3.81. The van der Waals surface area contributed by atoms with Crippen LogP contribution in [0.4, 0.5) is 8.78 Å². The highest BCUT2D eigenvalue weighted by Gasteiger charge is 2.13. The summed E-state index contributed by atoms with van der Waals surface area (Å²) in [5, 5.41) is 8.72. The zero-order valence-electron chi connectivity index (χ0n) is 5.74. The van der Waals surface area contributed by atoms with E-state index in [4.69, 9.17) is 5.11 Å². The summed E-state index contributed by atoms with van der Waals surface area (Å²) in [6, 6.07) is 0.949. The molecule has 1 rings (SSSR count). The molecule has 0 saturated heterocycles. The van der Waals surface area contributed by atoms with E-state index in [1.165, 1.54) is 0 Å². The second-order valence-electron chi connectivity index (χ2n) is 2.12. The molecule has 0 unspecified atom stereocenters. The largest absolute Gasteiger partial charge is 0.392 e. The lowest BCUT2D eigenvalue weighted by atomic mass is 10.2. The number of aliphatic hydroxyl groups excluding tert-OH is 1. The molecule has 12 heavy (non-hydrogen) atoms. The third-order valence-corrected chi connectivity index (χ3v) is 3.53. The van der Waals surface area contributed by atoms with Crippen LogP contribution in [0.5, 0.6) is 0 Å². The van der Waals surface area contributed by atoms with Crippen molar-refractivity contribution >= 4 is 31.9 Å². The van der Waals surface area contributed by atoms with Crippen LogP contribution in [-0.2, 0) is 6.61 Å². The lowest BCUT2D eigenvalue weighted by molar-refractivity contribution is 0.280. The Balaban J connectivity index is 3.39. The Morgan fingerprint density at radius 1 is 1.25 bits per heavy atom. The minimum absolute atomic E-state index is 0.00782. The third kappa shape index (κ3) is 1.67. The summed E-state index contributed by atoms with van der Waals surface area (Å²) in [6.07, 6.45) is 0. The van der Waals surface area contributed by atoms with Crippen LogP contribution in [0.3, 0.4) is 0 Å². The maximum atomic E-state index is 12.8. The van der Waals surface area contributed by atoms with Crippen LogP contribution in [0.25, 0.3) is 0 Å². The molecule has 5 heteroatoms. The second-order valence-corrected chi connectivity index (χ2v) is 3.70. The summed E-state index contributed by atoms with van der Waals surface area (Å²) in [5.41, 5.74) is 0.306. The molecule has 0 heterocycles. The van der Waals surface area contributed by atoms with E-state index in [1.54, 1.807) is 0 Å². The van der Waals surface area contributed by atoms with Gasteiger partial charge in [0.2, 0.25) is 0 Å². The van der Waals surface area contributed by atoms with Gasteiger partial charge in [0.25, 0.3) is 0 Å². The molecule has 0 fully saturated rings. The van der Waals surface area contributed by atoms with E-state index in [1.807, 2.05) is 0 Å². The predicted molar refractivity (Wildman–Crippen MR) is 47.7 cm³/mol. The topological polar surface area (TPSA) is 20.2 Å². The molecular formula is C7H4Br2F2O. The standard InChI is InChI=1S/C7H4Br2F2O/c8-5-3(2-12)1-4(10)7(11)6(5)9/h1,12H,2H2. The highest BCUT2D eigenvalue weighted by Crippen LogP contribution is 2.31. The Kier molecular flexibility index (Phi) is 3.20. The number of halogens is 4. The minimum Gasteiger partial charge on any atom is -0.392 e. The van der Waals surface area contributed by atoms with Crippen molar-refractivity contribution < 1.29 is 13.9 Å². The Labute approximate surface area is 84.7 Å². The van der Waals surface area contributed by atoms with Gasteiger partial charge in [-0.05, 0) is 43.5 Å². The van der Waals surface area contributed by atoms with Gasteiger partial charge in [0, 0.05) is 4.47 Å². The van der Waals surface area contributed by atoms with Crippen molar-refractivity contribution in [2.45, 2.75) is 6.61 Å². The fourth-order valence-corrected chi connectivity index (χ4v) is 1.59. The number of hydrogen-bond donors (Lipinski definition) is 1. The normalized spacial score (nSPS) is 10.4. The van der Waals surface area contributed by atoms with Crippen molar-refractivity contribution in [2.24, 2.45) is 0 Å². The van der Waals surface area contributed by atoms with Crippen LogP contribution in [-0.4, -0.2) is 5.11 Å². The van der Waals surface area contributed by atoms with Crippen molar-refractivity contribution in [3.63, 3.8) is 0 Å². The van der Waals surface area contributed by atoms with E-state index in [2.05, 4.69) is 31.9 Å². The number of aliphatic hydroxyl groups is 1. The summed E-state index contributed by atoms with van der Waals surface area (Å²) in [4.78, 5) is 0. The zero-order valence-corrected chi connectivity index (χ0v) is 8.92. The first-order valence-corrected chi connectivity index (χ1v) is 4.59. The van der Waals surface area contributed by atoms with E-state index < -0.39 is 11.6 Å². The fourth-order valence-electron chi connectivity index (χ4n) is 0.737. The highest BCUT2D eigenvalue weighted by atomic mass is 79.9. The molecule has 1 aromatic rings. The van der Waals surface area contributed by atoms with E-state index in [9.17, 15) is 8.78 Å². The molecule has 0 amide bonds. The van der Waals surface area contributed by atoms with Gasteiger partial charge in [-0.2, -0.15) is 0 Å². The molecule has 1 N–H and O–H groups in total. The maximum absolute atomic E-state index is 12.8. The van der Waals surface area contributed by atoms with E-state index >= 15 is 0 Å². The summed E-state index contributed by atoms with van der Waals surface area (Å²) < 4.78 is 25.8. The minimum atomic E-state index is -0.978. The summed E-state index contributed by atoms with van der Waals surface area (Å²) >= 11 is 5.86. The monoisotopic (exact) mass is 300 g/mol. The molecule has 0 aromatic heterocycles. The Morgan fingerprint density at radius 3 is 2.33 bits per heavy atom. The predicted octanol–water partition coefficient (Wildman–Crippen LogP) is 2.98. The summed E-state index contributed by atoms with van der Waals surface area (Å²) in [5.74, 6) is -1.94. The van der Waals surface area contributed by atoms with Gasteiger partial charge < -0.3 is 5.11 Å². The van der Waals surface area contributed by atoms with Crippen LogP contribution < -0.4 is 0 Å². The highest BCUT2D eigenvalue weighted by molar-refractivity contribution is 9.13. The lowest BCUT2D eigenvalue weighted by Gasteiger charge is -2.04. The lowest BCUT2D eigenvalue weighted by Crippen LogP contribution is -1.93. The molecular weight excluding hydrogens is 298 g/mol. The molecule has 0 aliphatic rings.